The molecule has 1 saturated heterocycles. The van der Waals surface area contributed by atoms with Crippen molar-refractivity contribution in [1.29, 1.82) is 0 Å². The molecule has 6 heteroatoms. The molecular weight excluding hydrogens is 368 g/mol. The number of thiophene rings is 1. The fourth-order valence-corrected chi connectivity index (χ4v) is 5.90. The van der Waals surface area contributed by atoms with Crippen LogP contribution < -0.4 is 14.5 Å². The van der Waals surface area contributed by atoms with Crippen LogP contribution in [-0.4, -0.2) is 43.3 Å². The molecule has 0 bridgehead atoms. The van der Waals surface area contributed by atoms with Crippen molar-refractivity contribution < 1.29 is 9.64 Å². The Kier molecular flexibility index (Phi) is 4.69. The Morgan fingerprint density at radius 3 is 2.86 bits per heavy atom. The molecule has 0 spiro atoms. The topological polar surface area (TPSA) is 42.7 Å². The van der Waals surface area contributed by atoms with Crippen LogP contribution >= 0.6 is 11.3 Å². The first-order valence-corrected chi connectivity index (χ1v) is 11.0. The maximum absolute atomic E-state index is 5.57. The van der Waals surface area contributed by atoms with E-state index in [0.717, 1.165) is 44.3 Å². The number of hydrogen-bond donors (Lipinski definition) is 1. The number of anilines is 1. The molecule has 28 heavy (non-hydrogen) atoms. The molecular formula is C22H27N4OS+. The Labute approximate surface area is 170 Å². The molecule has 146 valence electrons. The lowest BCUT2D eigenvalue weighted by Crippen LogP contribution is -3.13. The Bertz CT molecular complexity index is 1010. The van der Waals surface area contributed by atoms with Crippen LogP contribution in [0.1, 0.15) is 28.0 Å². The lowest BCUT2D eigenvalue weighted by molar-refractivity contribution is -0.914. The fraction of sp³-hybridized carbons (Fsp3) is 0.455. The van der Waals surface area contributed by atoms with Gasteiger partial charge in [0.15, 0.2) is 0 Å². The van der Waals surface area contributed by atoms with Gasteiger partial charge in [-0.15, -0.1) is 11.3 Å². The number of methoxy groups -OCH3 is 1. The number of fused-ring (bicyclic) bond motifs is 3. The highest BCUT2D eigenvalue weighted by atomic mass is 32.1. The van der Waals surface area contributed by atoms with Gasteiger partial charge >= 0.3 is 0 Å². The van der Waals surface area contributed by atoms with E-state index in [9.17, 15) is 0 Å². The minimum atomic E-state index is 1.01. The van der Waals surface area contributed by atoms with E-state index in [2.05, 4.69) is 35.0 Å². The maximum atomic E-state index is 5.57. The fourth-order valence-electron chi connectivity index (χ4n) is 4.68. The van der Waals surface area contributed by atoms with Crippen molar-refractivity contribution in [2.24, 2.45) is 0 Å². The monoisotopic (exact) mass is 395 g/mol. The SMILES string of the molecule is COc1ccc(C)cc1C[NH+]1CCN(c2ncnc3sc4c(c23)CCC4)CC1. The van der Waals surface area contributed by atoms with E-state index in [1.54, 1.807) is 18.3 Å². The second kappa shape index (κ2) is 7.33. The summed E-state index contributed by atoms with van der Waals surface area (Å²) in [6.07, 6.45) is 5.43. The summed E-state index contributed by atoms with van der Waals surface area (Å²) in [5, 5.41) is 1.34. The Morgan fingerprint density at radius 1 is 1.18 bits per heavy atom. The molecule has 0 radical (unpaired) electrons. The summed E-state index contributed by atoms with van der Waals surface area (Å²) in [4.78, 5) is 16.1. The van der Waals surface area contributed by atoms with E-state index >= 15 is 0 Å². The van der Waals surface area contributed by atoms with Crippen molar-refractivity contribution in [1.82, 2.24) is 9.97 Å². The minimum Gasteiger partial charge on any atom is -0.496 e. The third-order valence-corrected chi connectivity index (χ3v) is 7.33. The molecule has 0 atom stereocenters. The van der Waals surface area contributed by atoms with Crippen molar-refractivity contribution in [2.75, 3.05) is 38.2 Å². The first kappa shape index (κ1) is 17.9. The Balaban J connectivity index is 1.33. The van der Waals surface area contributed by atoms with Gasteiger partial charge in [0.05, 0.1) is 38.7 Å². The van der Waals surface area contributed by atoms with Crippen LogP contribution in [0, 0.1) is 6.92 Å². The predicted molar refractivity (Wildman–Crippen MR) is 114 cm³/mol. The number of piperazine rings is 1. The van der Waals surface area contributed by atoms with Gasteiger partial charge in [-0.25, -0.2) is 9.97 Å². The third kappa shape index (κ3) is 3.14. The van der Waals surface area contributed by atoms with E-state index in [1.807, 2.05) is 11.3 Å². The van der Waals surface area contributed by atoms with Crippen molar-refractivity contribution in [3.63, 3.8) is 0 Å². The van der Waals surface area contributed by atoms with E-state index < -0.39 is 0 Å². The largest absolute Gasteiger partial charge is 0.496 e. The number of nitrogens with one attached hydrogen (secondary N) is 1. The van der Waals surface area contributed by atoms with Crippen LogP contribution in [0.4, 0.5) is 5.82 Å². The van der Waals surface area contributed by atoms with Gasteiger partial charge in [-0.1, -0.05) is 11.6 Å². The molecule has 2 aromatic heterocycles. The molecule has 1 fully saturated rings. The molecule has 0 unspecified atom stereocenters. The predicted octanol–water partition coefficient (Wildman–Crippen LogP) is 2.40. The van der Waals surface area contributed by atoms with Crippen molar-refractivity contribution >= 4 is 27.4 Å². The second-order valence-corrected chi connectivity index (χ2v) is 9.05. The first-order valence-electron chi connectivity index (χ1n) is 10.2. The van der Waals surface area contributed by atoms with Crippen LogP contribution in [0.5, 0.6) is 5.75 Å². The van der Waals surface area contributed by atoms with Gasteiger partial charge in [-0.2, -0.15) is 0 Å². The first-order chi connectivity index (χ1) is 13.7. The second-order valence-electron chi connectivity index (χ2n) is 7.96. The van der Waals surface area contributed by atoms with Gasteiger partial charge in [-0.05, 0) is 43.9 Å². The van der Waals surface area contributed by atoms with E-state index in [4.69, 9.17) is 9.72 Å². The summed E-state index contributed by atoms with van der Waals surface area (Å²) in [6, 6.07) is 6.48. The van der Waals surface area contributed by atoms with Crippen LogP contribution in [0.2, 0.25) is 0 Å². The van der Waals surface area contributed by atoms with Crippen LogP contribution in [-0.2, 0) is 19.4 Å². The van der Waals surface area contributed by atoms with Gasteiger partial charge < -0.3 is 14.5 Å². The average molecular weight is 396 g/mol. The molecule has 1 N–H and O–H groups in total. The number of aromatic nitrogens is 2. The zero-order valence-corrected chi connectivity index (χ0v) is 17.4. The molecule has 5 rings (SSSR count). The summed E-state index contributed by atoms with van der Waals surface area (Å²) in [7, 11) is 1.76. The molecule has 0 amide bonds. The lowest BCUT2D eigenvalue weighted by Gasteiger charge is -2.33. The summed E-state index contributed by atoms with van der Waals surface area (Å²) in [6.45, 7) is 7.49. The molecule has 0 saturated carbocycles. The Morgan fingerprint density at radius 2 is 2.04 bits per heavy atom. The smallest absolute Gasteiger partial charge is 0.141 e. The quantitative estimate of drug-likeness (QED) is 0.737. The molecule has 5 nitrogen and oxygen atoms in total. The van der Waals surface area contributed by atoms with E-state index in [0.29, 0.717) is 0 Å². The number of nitrogens with zero attached hydrogens (tertiary/aromatic N) is 3. The van der Waals surface area contributed by atoms with Gasteiger partial charge in [0.25, 0.3) is 0 Å². The molecule has 1 aliphatic heterocycles. The van der Waals surface area contributed by atoms with E-state index in [1.165, 1.54) is 51.0 Å². The molecule has 2 aliphatic rings. The number of hydrogen-bond acceptors (Lipinski definition) is 5. The molecule has 1 aliphatic carbocycles. The number of aryl methyl sites for hydroxylation is 3. The van der Waals surface area contributed by atoms with Gasteiger partial charge in [0, 0.05) is 10.4 Å². The summed E-state index contributed by atoms with van der Waals surface area (Å²) in [5.41, 5.74) is 4.13. The zero-order valence-electron chi connectivity index (χ0n) is 16.6. The standard InChI is InChI=1S/C22H26N4OS/c1-15-6-7-18(27-2)16(12-15)13-25-8-10-26(11-9-25)21-20-17-4-3-5-19(17)28-22(20)24-14-23-21/h6-7,12,14H,3-5,8-11,13H2,1-2H3/p+1. The normalized spacial score (nSPS) is 17.3. The van der Waals surface area contributed by atoms with Crippen molar-refractivity contribution in [2.45, 2.75) is 32.7 Å². The average Bonchev–Trinajstić information content (AvgIpc) is 3.30. The highest BCUT2D eigenvalue weighted by Crippen LogP contribution is 2.40. The van der Waals surface area contributed by atoms with Gasteiger partial charge in [-0.3, -0.25) is 0 Å². The highest BCUT2D eigenvalue weighted by molar-refractivity contribution is 7.19. The van der Waals surface area contributed by atoms with Crippen LogP contribution in [0.3, 0.4) is 0 Å². The van der Waals surface area contributed by atoms with Crippen LogP contribution in [0.25, 0.3) is 10.2 Å². The summed E-state index contributed by atoms with van der Waals surface area (Å²) >= 11 is 1.88. The number of benzene rings is 1. The molecule has 3 aromatic rings. The zero-order chi connectivity index (χ0) is 19.1. The molecule has 3 heterocycles. The summed E-state index contributed by atoms with van der Waals surface area (Å²) < 4.78 is 5.57. The van der Waals surface area contributed by atoms with Gasteiger partial charge in [0.1, 0.15) is 29.3 Å². The molecule has 1 aromatic carbocycles. The Hall–Kier alpha value is -2.18. The summed E-state index contributed by atoms with van der Waals surface area (Å²) in [5.74, 6) is 2.17. The third-order valence-electron chi connectivity index (χ3n) is 6.13. The van der Waals surface area contributed by atoms with Crippen LogP contribution in [0.15, 0.2) is 24.5 Å². The van der Waals surface area contributed by atoms with Crippen molar-refractivity contribution in [3.8, 4) is 5.75 Å². The number of quaternary nitrogens is 1. The number of ether oxygens (including phenoxy) is 1. The maximum Gasteiger partial charge on any atom is 0.141 e. The highest BCUT2D eigenvalue weighted by Gasteiger charge is 2.27. The lowest BCUT2D eigenvalue weighted by atomic mass is 10.1. The van der Waals surface area contributed by atoms with E-state index in [-0.39, 0.29) is 0 Å². The van der Waals surface area contributed by atoms with Crippen molar-refractivity contribution in [3.05, 3.63) is 46.1 Å². The number of rotatable bonds is 4. The minimum absolute atomic E-state index is 1.01. The van der Waals surface area contributed by atoms with Gasteiger partial charge in [0.2, 0.25) is 0 Å².